The van der Waals surface area contributed by atoms with Crippen molar-refractivity contribution in [2.45, 2.75) is 5.16 Å². The van der Waals surface area contributed by atoms with Crippen LogP contribution in [0, 0.1) is 0 Å². The highest BCUT2D eigenvalue weighted by atomic mass is 32.2. The molecule has 4 N–H and O–H groups in total. The molecule has 19 heavy (non-hydrogen) atoms. The van der Waals surface area contributed by atoms with Crippen LogP contribution in [0.5, 0.6) is 0 Å². The van der Waals surface area contributed by atoms with E-state index in [4.69, 9.17) is 5.84 Å². The Balaban J connectivity index is 2.40. The highest BCUT2D eigenvalue weighted by Crippen LogP contribution is 2.16. The Bertz CT molecular complexity index is 575. The molecule has 1 amide bonds. The third kappa shape index (κ3) is 2.83. The van der Waals surface area contributed by atoms with Crippen LogP contribution in [0.15, 0.2) is 23.5 Å². The molecule has 0 radical (unpaired) electrons. The zero-order chi connectivity index (χ0) is 13.8. The topological polar surface area (TPSA) is 111 Å². The van der Waals surface area contributed by atoms with E-state index in [0.29, 0.717) is 22.5 Å². The number of carbonyl (C=O) groups is 1. The number of hydrogen-bond acceptors (Lipinski definition) is 7. The fraction of sp³-hybridized carbons (Fsp3) is 0.200. The fourth-order valence-electron chi connectivity index (χ4n) is 1.40. The lowest BCUT2D eigenvalue weighted by Gasteiger charge is -2.05. The van der Waals surface area contributed by atoms with Gasteiger partial charge in [-0.1, -0.05) is 11.8 Å². The summed E-state index contributed by atoms with van der Waals surface area (Å²) in [6.07, 6.45) is 3.51. The molecular weight excluding hydrogens is 266 g/mol. The summed E-state index contributed by atoms with van der Waals surface area (Å²) in [4.78, 5) is 19.9. The maximum atomic E-state index is 11.4. The number of hydrogen-bond donors (Lipinski definition) is 3. The maximum Gasteiger partial charge on any atom is 0.271 e. The average Bonchev–Trinajstić information content (AvgIpc) is 2.95. The quantitative estimate of drug-likeness (QED) is 0.313. The van der Waals surface area contributed by atoms with Crippen LogP contribution in [-0.2, 0) is 0 Å². The van der Waals surface area contributed by atoms with Crippen molar-refractivity contribution in [1.29, 1.82) is 0 Å². The minimum Gasteiger partial charge on any atom is -0.354 e. The molecule has 0 fully saturated rings. The lowest BCUT2D eigenvalue weighted by Crippen LogP contribution is -2.18. The number of rotatable bonds is 4. The minimum absolute atomic E-state index is 0.255. The number of nitrogens with zero attached hydrogens (tertiary/aromatic N) is 4. The van der Waals surface area contributed by atoms with Gasteiger partial charge in [0.05, 0.1) is 0 Å². The molecule has 100 valence electrons. The number of aromatic nitrogens is 4. The predicted octanol–water partition coefficient (Wildman–Crippen LogP) is 0.0294. The van der Waals surface area contributed by atoms with Gasteiger partial charge >= 0.3 is 0 Å². The largest absolute Gasteiger partial charge is 0.354 e. The van der Waals surface area contributed by atoms with Crippen LogP contribution in [0.1, 0.15) is 10.5 Å². The standard InChI is InChI=1S/C10H13N7OS/c1-12-9(18)6-3-4-17(16-6)8-5-7(15-11)13-10(14-8)19-2/h3-5H,11H2,1-2H3,(H,12,18)(H,13,14,15). The molecule has 2 aromatic rings. The number of nitrogen functional groups attached to an aromatic ring is 1. The first-order valence-electron chi connectivity index (χ1n) is 5.35. The van der Waals surface area contributed by atoms with Crippen molar-refractivity contribution in [3.63, 3.8) is 0 Å². The Labute approximate surface area is 113 Å². The zero-order valence-electron chi connectivity index (χ0n) is 10.4. The van der Waals surface area contributed by atoms with E-state index < -0.39 is 0 Å². The van der Waals surface area contributed by atoms with Gasteiger partial charge < -0.3 is 10.7 Å². The van der Waals surface area contributed by atoms with Crippen molar-refractivity contribution in [3.8, 4) is 5.82 Å². The summed E-state index contributed by atoms with van der Waals surface area (Å²) >= 11 is 1.39. The monoisotopic (exact) mass is 279 g/mol. The Morgan fingerprint density at radius 1 is 1.47 bits per heavy atom. The van der Waals surface area contributed by atoms with Crippen LogP contribution in [0.3, 0.4) is 0 Å². The van der Waals surface area contributed by atoms with Gasteiger partial charge in [-0.25, -0.2) is 20.5 Å². The molecule has 0 aliphatic carbocycles. The van der Waals surface area contributed by atoms with E-state index in [1.165, 1.54) is 16.4 Å². The van der Waals surface area contributed by atoms with Crippen molar-refractivity contribution in [1.82, 2.24) is 25.1 Å². The second-order valence-corrected chi connectivity index (χ2v) is 4.24. The SMILES string of the molecule is CNC(=O)c1ccn(-c2cc(NN)nc(SC)n2)n1. The van der Waals surface area contributed by atoms with Gasteiger partial charge in [0.25, 0.3) is 5.91 Å². The molecular formula is C10H13N7OS. The third-order valence-corrected chi connectivity index (χ3v) is 2.85. The van der Waals surface area contributed by atoms with Crippen molar-refractivity contribution < 1.29 is 4.79 Å². The number of hydrazine groups is 1. The van der Waals surface area contributed by atoms with Crippen molar-refractivity contribution in [2.75, 3.05) is 18.7 Å². The smallest absolute Gasteiger partial charge is 0.271 e. The maximum absolute atomic E-state index is 11.4. The molecule has 0 saturated heterocycles. The van der Waals surface area contributed by atoms with Gasteiger partial charge in [0, 0.05) is 19.3 Å². The van der Waals surface area contributed by atoms with E-state index >= 15 is 0 Å². The van der Waals surface area contributed by atoms with Crippen molar-refractivity contribution >= 4 is 23.5 Å². The van der Waals surface area contributed by atoms with Gasteiger partial charge in [-0.2, -0.15) is 5.10 Å². The van der Waals surface area contributed by atoms with Gasteiger partial charge in [-0.05, 0) is 12.3 Å². The molecule has 2 rings (SSSR count). The van der Waals surface area contributed by atoms with Gasteiger partial charge in [-0.3, -0.25) is 4.79 Å². The van der Waals surface area contributed by atoms with Crippen molar-refractivity contribution in [3.05, 3.63) is 24.0 Å². The summed E-state index contributed by atoms with van der Waals surface area (Å²) in [5.41, 5.74) is 2.78. The Hall–Kier alpha value is -2.13. The van der Waals surface area contributed by atoms with Crippen LogP contribution in [0.2, 0.25) is 0 Å². The number of amides is 1. The number of anilines is 1. The first-order chi connectivity index (χ1) is 9.17. The Morgan fingerprint density at radius 2 is 2.26 bits per heavy atom. The van der Waals surface area contributed by atoms with E-state index in [1.54, 1.807) is 25.4 Å². The molecule has 0 spiro atoms. The molecule has 0 saturated carbocycles. The number of nitrogens with two attached hydrogens (primary N) is 1. The van der Waals surface area contributed by atoms with Crippen LogP contribution in [0.4, 0.5) is 5.82 Å². The average molecular weight is 279 g/mol. The van der Waals surface area contributed by atoms with E-state index in [-0.39, 0.29) is 5.91 Å². The molecule has 0 aliphatic rings. The van der Waals surface area contributed by atoms with Crippen LogP contribution in [0.25, 0.3) is 5.82 Å². The Kier molecular flexibility index (Phi) is 3.97. The highest BCUT2D eigenvalue weighted by Gasteiger charge is 2.10. The highest BCUT2D eigenvalue weighted by molar-refractivity contribution is 7.98. The fourth-order valence-corrected chi connectivity index (χ4v) is 1.77. The first-order valence-corrected chi connectivity index (χ1v) is 6.58. The normalized spacial score (nSPS) is 10.3. The van der Waals surface area contributed by atoms with Crippen molar-refractivity contribution in [2.24, 2.45) is 5.84 Å². The molecule has 0 unspecified atom stereocenters. The van der Waals surface area contributed by atoms with E-state index in [1.807, 2.05) is 6.26 Å². The second-order valence-electron chi connectivity index (χ2n) is 3.47. The minimum atomic E-state index is -0.255. The summed E-state index contributed by atoms with van der Waals surface area (Å²) in [5, 5.41) is 7.20. The van der Waals surface area contributed by atoms with Gasteiger partial charge in [0.1, 0.15) is 5.82 Å². The Morgan fingerprint density at radius 3 is 2.89 bits per heavy atom. The number of thioether (sulfide) groups is 1. The summed E-state index contributed by atoms with van der Waals surface area (Å²) in [6.45, 7) is 0. The lowest BCUT2D eigenvalue weighted by atomic mass is 10.4. The summed E-state index contributed by atoms with van der Waals surface area (Å²) in [7, 11) is 1.55. The summed E-state index contributed by atoms with van der Waals surface area (Å²) in [6, 6.07) is 3.25. The summed E-state index contributed by atoms with van der Waals surface area (Å²) < 4.78 is 1.49. The molecule has 0 aromatic carbocycles. The molecule has 9 heteroatoms. The second kappa shape index (κ2) is 5.67. The first kappa shape index (κ1) is 13.3. The molecule has 2 heterocycles. The molecule has 0 bridgehead atoms. The lowest BCUT2D eigenvalue weighted by molar-refractivity contribution is 0.0957. The van der Waals surface area contributed by atoms with Gasteiger partial charge in [0.2, 0.25) is 0 Å². The number of carbonyl (C=O) groups excluding carboxylic acids is 1. The molecule has 0 atom stereocenters. The third-order valence-electron chi connectivity index (χ3n) is 2.31. The van der Waals surface area contributed by atoms with E-state index in [2.05, 4.69) is 25.8 Å². The van der Waals surface area contributed by atoms with E-state index in [9.17, 15) is 4.79 Å². The van der Waals surface area contributed by atoms with Crippen LogP contribution >= 0.6 is 11.8 Å². The van der Waals surface area contributed by atoms with Crippen LogP contribution in [-0.4, -0.2) is 39.0 Å². The zero-order valence-corrected chi connectivity index (χ0v) is 11.2. The number of nitrogens with one attached hydrogen (secondary N) is 2. The predicted molar refractivity (Wildman–Crippen MR) is 72.1 cm³/mol. The van der Waals surface area contributed by atoms with Crippen LogP contribution < -0.4 is 16.6 Å². The molecule has 8 nitrogen and oxygen atoms in total. The molecule has 0 aliphatic heterocycles. The van der Waals surface area contributed by atoms with Gasteiger partial charge in [0.15, 0.2) is 16.7 Å². The molecule has 2 aromatic heterocycles. The van der Waals surface area contributed by atoms with Gasteiger partial charge in [-0.15, -0.1) is 0 Å². The van der Waals surface area contributed by atoms with E-state index in [0.717, 1.165) is 0 Å². The summed E-state index contributed by atoms with van der Waals surface area (Å²) in [5.74, 6) is 6.11.